The first-order valence-electron chi connectivity index (χ1n) is 11.7. The van der Waals surface area contributed by atoms with Crippen LogP contribution in [0, 0.1) is 5.82 Å². The van der Waals surface area contributed by atoms with Gasteiger partial charge in [-0.3, -0.25) is 15.5 Å². The van der Waals surface area contributed by atoms with Crippen LogP contribution in [0.4, 0.5) is 20.7 Å². The van der Waals surface area contributed by atoms with Crippen molar-refractivity contribution in [2.24, 2.45) is 9.98 Å². The molecule has 0 bridgehead atoms. The Labute approximate surface area is 228 Å². The Morgan fingerprint density at radius 1 is 1.13 bits per heavy atom. The van der Waals surface area contributed by atoms with E-state index in [1.54, 1.807) is 41.5 Å². The van der Waals surface area contributed by atoms with Gasteiger partial charge in [0.1, 0.15) is 17.0 Å². The molecule has 14 heteroatoms. The van der Waals surface area contributed by atoms with E-state index in [-0.39, 0.29) is 34.7 Å². The number of nitrogens with one attached hydrogen (secondary N) is 2. The number of amides is 1. The molecule has 1 heterocycles. The predicted octanol–water partition coefficient (Wildman–Crippen LogP) is 5.33. The molecule has 0 saturated carbocycles. The normalized spacial score (nSPS) is 12.8. The van der Waals surface area contributed by atoms with E-state index < -0.39 is 29.1 Å². The molecule has 2 aromatic rings. The summed E-state index contributed by atoms with van der Waals surface area (Å²) in [5, 5.41) is 20.1. The van der Waals surface area contributed by atoms with E-state index >= 15 is 0 Å². The first-order chi connectivity index (χ1) is 17.7. The maximum Gasteiger partial charge on any atom is 0.434 e. The van der Waals surface area contributed by atoms with Gasteiger partial charge >= 0.3 is 12.1 Å². The van der Waals surface area contributed by atoms with E-state index in [1.165, 1.54) is 18.2 Å². The molecule has 1 amide bonds. The van der Waals surface area contributed by atoms with Gasteiger partial charge in [0.05, 0.1) is 16.6 Å². The van der Waals surface area contributed by atoms with Crippen molar-refractivity contribution in [3.05, 3.63) is 34.2 Å². The van der Waals surface area contributed by atoms with Crippen molar-refractivity contribution in [3.8, 4) is 0 Å². The minimum atomic E-state index is -0.797. The number of benzene rings is 1. The Morgan fingerprint density at radius 2 is 1.82 bits per heavy atom. The minimum absolute atomic E-state index is 0.0735. The molecule has 38 heavy (non-hydrogen) atoms. The molecule has 12 nitrogen and oxygen atoms in total. The average molecular weight is 599 g/mol. The standard InChI is InChI=1S/C24H32BrFN6O6/c1-23(2,3)36-18(33)13-14(29-22(34)37-24(4,5)6)8-7-11-27-20-19(31-38-32-20)21(30-35)28-15-9-10-17(26)16(25)12-15/h9-10,12,35H,7-8,11,13H2,1-6H3,(H,27,32)(H,28,30). The van der Waals surface area contributed by atoms with Gasteiger partial charge in [-0.15, -0.1) is 0 Å². The molecular formula is C24H32BrFN6O6. The second-order valence-electron chi connectivity index (χ2n) is 10.1. The lowest BCUT2D eigenvalue weighted by Gasteiger charge is -2.20. The summed E-state index contributed by atoms with van der Waals surface area (Å²) in [7, 11) is 0. The summed E-state index contributed by atoms with van der Waals surface area (Å²) in [5.41, 5.74) is 1.21. The fourth-order valence-electron chi connectivity index (χ4n) is 2.92. The second kappa shape index (κ2) is 13.4. The Kier molecular flexibility index (Phi) is 10.9. The molecule has 208 valence electrons. The number of rotatable bonds is 9. The molecule has 0 aliphatic rings. The highest BCUT2D eigenvalue weighted by atomic mass is 79.9. The van der Waals surface area contributed by atoms with Crippen LogP contribution in [0.1, 0.15) is 66.5 Å². The number of anilines is 1. The molecular weight excluding hydrogens is 567 g/mol. The van der Waals surface area contributed by atoms with Gasteiger partial charge in [0, 0.05) is 12.3 Å². The third kappa shape index (κ3) is 10.9. The maximum absolute atomic E-state index is 13.5. The number of halogens is 2. The largest absolute Gasteiger partial charge is 0.460 e. The van der Waals surface area contributed by atoms with Gasteiger partial charge in [-0.1, -0.05) is 0 Å². The van der Waals surface area contributed by atoms with E-state index in [4.69, 9.17) is 14.1 Å². The van der Waals surface area contributed by atoms with Crippen LogP contribution in [0.15, 0.2) is 37.3 Å². The number of nitrogens with zero attached hydrogens (tertiary/aromatic N) is 4. The smallest absolute Gasteiger partial charge is 0.434 e. The van der Waals surface area contributed by atoms with Crippen LogP contribution in [-0.4, -0.2) is 56.9 Å². The van der Waals surface area contributed by atoms with Crippen LogP contribution >= 0.6 is 15.9 Å². The number of ether oxygens (including phenoxy) is 2. The van der Waals surface area contributed by atoms with E-state index in [0.717, 1.165) is 0 Å². The van der Waals surface area contributed by atoms with Gasteiger partial charge in [0.15, 0.2) is 11.5 Å². The summed E-state index contributed by atoms with van der Waals surface area (Å²) in [6, 6.07) is 4.05. The summed E-state index contributed by atoms with van der Waals surface area (Å²) in [6.07, 6.45) is -0.268. The topological polar surface area (TPSA) is 161 Å². The molecule has 0 saturated heterocycles. The molecule has 1 aromatic heterocycles. The highest BCUT2D eigenvalue weighted by molar-refractivity contribution is 9.10. The third-order valence-corrected chi connectivity index (χ3v) is 4.92. The number of hydrogen-bond donors (Lipinski definition) is 3. The molecule has 0 unspecified atom stereocenters. The Bertz CT molecular complexity index is 1190. The van der Waals surface area contributed by atoms with Gasteiger partial charge in [0.2, 0.25) is 5.82 Å². The molecule has 1 aromatic carbocycles. The van der Waals surface area contributed by atoms with Gasteiger partial charge in [-0.05, 0) is 98.8 Å². The number of carbonyl (C=O) groups is 2. The van der Waals surface area contributed by atoms with Crippen LogP contribution in [0.5, 0.6) is 0 Å². The van der Waals surface area contributed by atoms with Gasteiger partial charge in [-0.2, -0.15) is 4.99 Å². The Hall–Kier alpha value is -3.39. The summed E-state index contributed by atoms with van der Waals surface area (Å²) in [5.74, 6) is -0.902. The number of esters is 1. The molecule has 0 aliphatic carbocycles. The third-order valence-electron chi connectivity index (χ3n) is 4.31. The molecule has 0 radical (unpaired) electrons. The fraction of sp³-hybridized carbons (Fsp3) is 0.500. The molecule has 0 atom stereocenters. The van der Waals surface area contributed by atoms with Crippen molar-refractivity contribution in [2.75, 3.05) is 11.9 Å². The van der Waals surface area contributed by atoms with E-state index in [0.29, 0.717) is 24.4 Å². The van der Waals surface area contributed by atoms with Gasteiger partial charge < -0.3 is 14.8 Å². The first-order valence-corrected chi connectivity index (χ1v) is 12.5. The van der Waals surface area contributed by atoms with Crippen molar-refractivity contribution in [1.82, 2.24) is 15.8 Å². The van der Waals surface area contributed by atoms with E-state index in [2.05, 4.69) is 41.5 Å². The fourth-order valence-corrected chi connectivity index (χ4v) is 3.28. The highest BCUT2D eigenvalue weighted by Gasteiger charge is 2.21. The summed E-state index contributed by atoms with van der Waals surface area (Å²) >= 11 is 3.08. The van der Waals surface area contributed by atoms with Crippen molar-refractivity contribution in [2.45, 2.75) is 72.0 Å². The number of amidine groups is 1. The zero-order chi connectivity index (χ0) is 28.5. The van der Waals surface area contributed by atoms with Crippen LogP contribution in [0.25, 0.3) is 0 Å². The molecule has 3 N–H and O–H groups in total. The molecule has 0 fully saturated rings. The van der Waals surface area contributed by atoms with Gasteiger partial charge in [0.25, 0.3) is 0 Å². The summed E-state index contributed by atoms with van der Waals surface area (Å²) in [4.78, 5) is 32.7. The highest BCUT2D eigenvalue weighted by Crippen LogP contribution is 2.23. The number of aromatic nitrogens is 2. The second-order valence-corrected chi connectivity index (χ2v) is 10.9. The Balaban J connectivity index is 2.08. The van der Waals surface area contributed by atoms with Crippen LogP contribution < -0.4 is 10.8 Å². The van der Waals surface area contributed by atoms with Crippen LogP contribution in [-0.2, 0) is 14.3 Å². The van der Waals surface area contributed by atoms with Crippen LogP contribution in [0.2, 0.25) is 0 Å². The quantitative estimate of drug-likeness (QED) is 0.113. The van der Waals surface area contributed by atoms with Crippen LogP contribution in [0.3, 0.4) is 0 Å². The lowest BCUT2D eigenvalue weighted by molar-refractivity contribution is -0.153. The average Bonchev–Trinajstić information content (AvgIpc) is 3.23. The first kappa shape index (κ1) is 30.8. The Morgan fingerprint density at radius 3 is 2.42 bits per heavy atom. The number of hydrogen-bond acceptors (Lipinski definition) is 10. The zero-order valence-corrected chi connectivity index (χ0v) is 23.7. The lowest BCUT2D eigenvalue weighted by Crippen LogP contribution is -2.26. The number of aliphatic imine (C=N–C) groups is 2. The lowest BCUT2D eigenvalue weighted by atomic mass is 10.1. The summed E-state index contributed by atoms with van der Waals surface area (Å²) < 4.78 is 29.1. The monoisotopic (exact) mass is 598 g/mol. The molecule has 0 aliphatic heterocycles. The maximum atomic E-state index is 13.5. The van der Waals surface area contributed by atoms with Crippen molar-refractivity contribution in [1.29, 1.82) is 0 Å². The van der Waals surface area contributed by atoms with Gasteiger partial charge in [-0.25, -0.2) is 18.8 Å². The molecule has 2 rings (SSSR count). The van der Waals surface area contributed by atoms with E-state index in [9.17, 15) is 19.2 Å². The van der Waals surface area contributed by atoms with Crippen molar-refractivity contribution in [3.63, 3.8) is 0 Å². The summed E-state index contributed by atoms with van der Waals surface area (Å²) in [6.45, 7) is 10.7. The minimum Gasteiger partial charge on any atom is -0.460 e. The SMILES string of the molecule is CC(C)(C)OC(=O)CC(CCCNc1nonc1C(=Nc1ccc(F)c(Br)c1)NO)=NC(=O)OC(C)(C)C. The van der Waals surface area contributed by atoms with E-state index in [1.807, 2.05) is 5.48 Å². The number of carbonyl (C=O) groups excluding carboxylic acids is 2. The zero-order valence-electron chi connectivity index (χ0n) is 22.1. The number of hydroxylamine groups is 1. The van der Waals surface area contributed by atoms with Crippen molar-refractivity contribution >= 4 is 51.0 Å². The molecule has 0 spiro atoms. The van der Waals surface area contributed by atoms with Crippen molar-refractivity contribution < 1.29 is 33.3 Å². The predicted molar refractivity (Wildman–Crippen MR) is 141 cm³/mol.